The maximum atomic E-state index is 9.03. The molecule has 0 fully saturated rings. The lowest BCUT2D eigenvalue weighted by molar-refractivity contribution is -0.146. The second-order valence-electron chi connectivity index (χ2n) is 4.38. The van der Waals surface area contributed by atoms with E-state index >= 15 is 0 Å². The Morgan fingerprint density at radius 3 is 2.24 bits per heavy atom. The third-order valence-corrected chi connectivity index (χ3v) is 2.57. The summed E-state index contributed by atoms with van der Waals surface area (Å²) in [6, 6.07) is 0. The largest absolute Gasteiger partial charge is 0.390 e. The molecule has 0 saturated heterocycles. The van der Waals surface area contributed by atoms with Gasteiger partial charge < -0.3 is 15.3 Å². The fourth-order valence-electron chi connectivity index (χ4n) is 1.48. The van der Waals surface area contributed by atoms with Crippen LogP contribution in [-0.4, -0.2) is 27.7 Å². The first-order valence-electron chi connectivity index (χ1n) is 6.52. The average molecular weight is 242 g/mol. The van der Waals surface area contributed by atoms with Gasteiger partial charge in [0, 0.05) is 0 Å². The zero-order chi connectivity index (χ0) is 13.0. The molecule has 0 aliphatic heterocycles. The highest BCUT2D eigenvalue weighted by atomic mass is 16.5. The molecule has 0 atom stereocenters. The van der Waals surface area contributed by atoms with Crippen LogP contribution in [0.15, 0.2) is 24.3 Å². The van der Waals surface area contributed by atoms with Crippen molar-refractivity contribution in [3.8, 4) is 0 Å². The molecule has 3 N–H and O–H groups in total. The zero-order valence-electron chi connectivity index (χ0n) is 10.8. The predicted octanol–water partition coefficient (Wildman–Crippen LogP) is 2.52. The summed E-state index contributed by atoms with van der Waals surface area (Å²) in [5.41, 5.74) is 0. The van der Waals surface area contributed by atoms with Crippen molar-refractivity contribution < 1.29 is 15.3 Å². The Balaban J connectivity index is 3.43. The van der Waals surface area contributed by atoms with Crippen LogP contribution in [-0.2, 0) is 0 Å². The first kappa shape index (κ1) is 16.4. The highest BCUT2D eigenvalue weighted by molar-refractivity contribution is 5.06. The number of hydrogen-bond donors (Lipinski definition) is 3. The SMILES string of the molecule is CCCCCCCCC=CC=CC(O)(O)CO. The molecule has 0 rings (SSSR count). The van der Waals surface area contributed by atoms with Gasteiger partial charge in [0.05, 0.1) is 0 Å². The molecule has 0 aromatic heterocycles. The van der Waals surface area contributed by atoms with Gasteiger partial charge in [-0.2, -0.15) is 0 Å². The second-order valence-corrected chi connectivity index (χ2v) is 4.38. The van der Waals surface area contributed by atoms with Crippen molar-refractivity contribution in [2.45, 2.75) is 57.7 Å². The standard InChI is InChI=1S/C14H26O3/c1-2-3-4-5-6-7-8-9-10-11-12-14(16,17)13-15/h9-12,15-17H,2-8,13H2,1H3. The lowest BCUT2D eigenvalue weighted by atomic mass is 10.1. The summed E-state index contributed by atoms with van der Waals surface area (Å²) in [6.45, 7) is 1.53. The first-order chi connectivity index (χ1) is 8.12. The molecule has 0 aromatic rings. The van der Waals surface area contributed by atoms with Crippen LogP contribution >= 0.6 is 0 Å². The van der Waals surface area contributed by atoms with Crippen LogP contribution in [0, 0.1) is 0 Å². The van der Waals surface area contributed by atoms with Gasteiger partial charge in [-0.25, -0.2) is 0 Å². The molecule has 0 saturated carbocycles. The maximum absolute atomic E-state index is 9.03. The molecular weight excluding hydrogens is 216 g/mol. The van der Waals surface area contributed by atoms with E-state index in [9.17, 15) is 0 Å². The van der Waals surface area contributed by atoms with E-state index in [1.807, 2.05) is 6.08 Å². The smallest absolute Gasteiger partial charge is 0.207 e. The van der Waals surface area contributed by atoms with E-state index in [0.717, 1.165) is 6.42 Å². The van der Waals surface area contributed by atoms with Gasteiger partial charge >= 0.3 is 0 Å². The van der Waals surface area contributed by atoms with E-state index in [2.05, 4.69) is 6.92 Å². The summed E-state index contributed by atoms with van der Waals surface area (Å²) < 4.78 is 0. The second kappa shape index (κ2) is 10.5. The van der Waals surface area contributed by atoms with E-state index in [0.29, 0.717) is 0 Å². The van der Waals surface area contributed by atoms with Crippen LogP contribution in [0.25, 0.3) is 0 Å². The number of allylic oxidation sites excluding steroid dienone is 3. The molecule has 100 valence electrons. The number of unbranched alkanes of at least 4 members (excludes halogenated alkanes) is 6. The number of aliphatic hydroxyl groups excluding tert-OH is 1. The van der Waals surface area contributed by atoms with Gasteiger partial charge in [-0.3, -0.25) is 0 Å². The van der Waals surface area contributed by atoms with Gasteiger partial charge in [0.15, 0.2) is 0 Å². The Hall–Kier alpha value is -0.640. The highest BCUT2D eigenvalue weighted by Gasteiger charge is 2.15. The Labute approximate surface area is 104 Å². The monoisotopic (exact) mass is 242 g/mol. The van der Waals surface area contributed by atoms with Crippen LogP contribution in [0.1, 0.15) is 51.9 Å². The van der Waals surface area contributed by atoms with Crippen LogP contribution < -0.4 is 0 Å². The highest BCUT2D eigenvalue weighted by Crippen LogP contribution is 2.07. The lowest BCUT2D eigenvalue weighted by Crippen LogP contribution is -2.29. The fourth-order valence-corrected chi connectivity index (χ4v) is 1.48. The van der Waals surface area contributed by atoms with Crippen molar-refractivity contribution in [3.63, 3.8) is 0 Å². The van der Waals surface area contributed by atoms with Gasteiger partial charge in [0.2, 0.25) is 5.79 Å². The van der Waals surface area contributed by atoms with Gasteiger partial charge in [-0.15, -0.1) is 0 Å². The summed E-state index contributed by atoms with van der Waals surface area (Å²) in [5.74, 6) is -2.09. The van der Waals surface area contributed by atoms with E-state index in [1.54, 1.807) is 12.2 Å². The molecule has 0 aliphatic carbocycles. The Morgan fingerprint density at radius 2 is 1.59 bits per heavy atom. The van der Waals surface area contributed by atoms with Gasteiger partial charge in [0.1, 0.15) is 6.61 Å². The minimum Gasteiger partial charge on any atom is -0.390 e. The van der Waals surface area contributed by atoms with Crippen molar-refractivity contribution in [1.82, 2.24) is 0 Å². The van der Waals surface area contributed by atoms with Crippen LogP contribution in [0.5, 0.6) is 0 Å². The van der Waals surface area contributed by atoms with Crippen molar-refractivity contribution >= 4 is 0 Å². The quantitative estimate of drug-likeness (QED) is 0.313. The molecule has 3 heteroatoms. The van der Waals surface area contributed by atoms with E-state index in [-0.39, 0.29) is 0 Å². The summed E-state index contributed by atoms with van der Waals surface area (Å²) in [6.07, 6.45) is 15.2. The predicted molar refractivity (Wildman–Crippen MR) is 70.5 cm³/mol. The number of aliphatic hydroxyl groups is 3. The van der Waals surface area contributed by atoms with Crippen molar-refractivity contribution in [2.75, 3.05) is 6.61 Å². The normalized spacial score (nSPS) is 12.9. The maximum Gasteiger partial charge on any atom is 0.207 e. The van der Waals surface area contributed by atoms with Gasteiger partial charge in [-0.05, 0) is 18.9 Å². The Kier molecular flexibility index (Phi) is 10.1. The van der Waals surface area contributed by atoms with E-state index < -0.39 is 12.4 Å². The minimum absolute atomic E-state index is 0.686. The van der Waals surface area contributed by atoms with Crippen molar-refractivity contribution in [2.24, 2.45) is 0 Å². The molecule has 0 aliphatic rings. The zero-order valence-corrected chi connectivity index (χ0v) is 10.8. The summed E-state index contributed by atoms with van der Waals surface area (Å²) in [4.78, 5) is 0. The number of hydrogen-bond acceptors (Lipinski definition) is 3. The Morgan fingerprint density at radius 1 is 0.941 bits per heavy atom. The van der Waals surface area contributed by atoms with Crippen molar-refractivity contribution in [1.29, 1.82) is 0 Å². The first-order valence-corrected chi connectivity index (χ1v) is 6.52. The molecule has 0 amide bonds. The van der Waals surface area contributed by atoms with Gasteiger partial charge in [-0.1, -0.05) is 57.3 Å². The Bertz CT molecular complexity index is 220. The molecule has 0 unspecified atom stereocenters. The molecule has 0 aromatic carbocycles. The molecule has 0 spiro atoms. The summed E-state index contributed by atoms with van der Waals surface area (Å²) in [7, 11) is 0. The van der Waals surface area contributed by atoms with E-state index in [4.69, 9.17) is 15.3 Å². The minimum atomic E-state index is -2.09. The third-order valence-electron chi connectivity index (χ3n) is 2.57. The average Bonchev–Trinajstić information content (AvgIpc) is 2.31. The third kappa shape index (κ3) is 11.6. The topological polar surface area (TPSA) is 60.7 Å². The number of rotatable bonds is 10. The molecular formula is C14H26O3. The van der Waals surface area contributed by atoms with Crippen molar-refractivity contribution in [3.05, 3.63) is 24.3 Å². The van der Waals surface area contributed by atoms with Crippen LogP contribution in [0.3, 0.4) is 0 Å². The van der Waals surface area contributed by atoms with Gasteiger partial charge in [0.25, 0.3) is 0 Å². The summed E-state index contributed by atoms with van der Waals surface area (Å²) in [5, 5.41) is 26.6. The summed E-state index contributed by atoms with van der Waals surface area (Å²) >= 11 is 0. The van der Waals surface area contributed by atoms with Crippen LogP contribution in [0.4, 0.5) is 0 Å². The fraction of sp³-hybridized carbons (Fsp3) is 0.714. The molecule has 17 heavy (non-hydrogen) atoms. The van der Waals surface area contributed by atoms with Crippen LogP contribution in [0.2, 0.25) is 0 Å². The lowest BCUT2D eigenvalue weighted by Gasteiger charge is -2.11. The molecule has 0 bridgehead atoms. The molecule has 3 nitrogen and oxygen atoms in total. The van der Waals surface area contributed by atoms with E-state index in [1.165, 1.54) is 44.6 Å². The molecule has 0 radical (unpaired) electrons. The molecule has 0 heterocycles.